The molecule has 2 atom stereocenters. The van der Waals surface area contributed by atoms with E-state index in [2.05, 4.69) is 22.1 Å². The predicted molar refractivity (Wildman–Crippen MR) is 139 cm³/mol. The smallest absolute Gasteiger partial charge is 0.338 e. The van der Waals surface area contributed by atoms with E-state index in [-0.39, 0.29) is 29.6 Å². The van der Waals surface area contributed by atoms with Crippen molar-refractivity contribution >= 4 is 35.2 Å². The molecule has 10 heteroatoms. The van der Waals surface area contributed by atoms with Gasteiger partial charge in [-0.2, -0.15) is 10.5 Å². The van der Waals surface area contributed by atoms with Crippen LogP contribution in [-0.2, 0) is 14.3 Å². The lowest BCUT2D eigenvalue weighted by Gasteiger charge is -2.31. The number of pyridine rings is 2. The summed E-state index contributed by atoms with van der Waals surface area (Å²) in [6.07, 6.45) is 3.31. The fraction of sp³-hybridized carbons (Fsp3) is 0.185. The van der Waals surface area contributed by atoms with Gasteiger partial charge in [0.1, 0.15) is 22.8 Å². The molecule has 1 aliphatic rings. The monoisotopic (exact) mass is 529 g/mol. The van der Waals surface area contributed by atoms with Gasteiger partial charge in [-0.15, -0.1) is 0 Å². The van der Waals surface area contributed by atoms with Crippen molar-refractivity contribution in [3.05, 3.63) is 88.4 Å². The summed E-state index contributed by atoms with van der Waals surface area (Å²) in [6.45, 7) is 1.81. The topological polar surface area (TPSA) is 133 Å². The summed E-state index contributed by atoms with van der Waals surface area (Å²) in [5.74, 6) is -2.46. The lowest BCUT2D eigenvalue weighted by molar-refractivity contribution is -0.139. The molecule has 3 heterocycles. The van der Waals surface area contributed by atoms with E-state index in [1.165, 1.54) is 11.8 Å². The van der Waals surface area contributed by atoms with E-state index in [0.29, 0.717) is 26.9 Å². The first-order valence-electron chi connectivity index (χ1n) is 11.2. The first kappa shape index (κ1) is 25.9. The second kappa shape index (κ2) is 11.7. The molecule has 184 valence electrons. The molecule has 8 nitrogen and oxygen atoms in total. The molecule has 37 heavy (non-hydrogen) atoms. The molecule has 0 amide bonds. The first-order valence-corrected chi connectivity index (χ1v) is 12.6. The number of nitriles is 2. The van der Waals surface area contributed by atoms with E-state index in [4.69, 9.17) is 26.5 Å². The average Bonchev–Trinajstić information content (AvgIpc) is 2.92. The van der Waals surface area contributed by atoms with Gasteiger partial charge >= 0.3 is 5.97 Å². The molecule has 1 aliphatic heterocycles. The molecule has 0 aliphatic carbocycles. The number of hydrogen-bond donors (Lipinski definition) is 1. The Morgan fingerprint density at radius 1 is 1.16 bits per heavy atom. The standard InChI is InChI=1S/C27H20ClN5O3S/c1-2-35-27(34)24-22(36-25(31)20(14-30)23(24)17-3-6-19(28)7-4-17)15-37-26-18(13-29)5-8-21(33-26)16-9-11-32-12-10-16/h3-12,20,23,31H,2,15H2,1H3. The number of ether oxygens (including phenoxy) is 2. The van der Waals surface area contributed by atoms with Crippen LogP contribution in [0.2, 0.25) is 5.02 Å². The Labute approximate surface area is 223 Å². The number of carbonyl (C=O) groups is 1. The van der Waals surface area contributed by atoms with E-state index in [0.717, 1.165) is 5.56 Å². The SMILES string of the molecule is CCOC(=O)C1=C(CSc2nc(-c3ccncc3)ccc2C#N)OC(=N)C(C#N)C1c1ccc(Cl)cc1. The Kier molecular flexibility index (Phi) is 8.19. The Hall–Kier alpha value is -4.18. The molecule has 0 radical (unpaired) electrons. The number of nitrogens with one attached hydrogen (secondary N) is 1. The molecule has 0 bridgehead atoms. The molecule has 1 aromatic carbocycles. The van der Waals surface area contributed by atoms with Crippen LogP contribution in [0.15, 0.2) is 77.3 Å². The maximum atomic E-state index is 13.2. The van der Waals surface area contributed by atoms with Gasteiger partial charge in [0.05, 0.1) is 35.3 Å². The largest absolute Gasteiger partial charge is 0.463 e. The summed E-state index contributed by atoms with van der Waals surface area (Å²) in [5.41, 5.74) is 2.64. The Bertz CT molecular complexity index is 1450. The number of nitrogens with zero attached hydrogens (tertiary/aromatic N) is 4. The lowest BCUT2D eigenvalue weighted by Crippen LogP contribution is -2.34. The van der Waals surface area contributed by atoms with Crippen molar-refractivity contribution in [2.24, 2.45) is 5.92 Å². The second-order valence-corrected chi connectivity index (χ2v) is 9.25. The van der Waals surface area contributed by atoms with E-state index in [9.17, 15) is 15.3 Å². The van der Waals surface area contributed by atoms with Gasteiger partial charge in [-0.1, -0.05) is 35.5 Å². The van der Waals surface area contributed by atoms with Crippen molar-refractivity contribution in [1.29, 1.82) is 15.9 Å². The van der Waals surface area contributed by atoms with Crippen LogP contribution in [0.5, 0.6) is 0 Å². The molecule has 0 saturated carbocycles. The van der Waals surface area contributed by atoms with Gasteiger partial charge in [0.25, 0.3) is 0 Å². The Morgan fingerprint density at radius 2 is 1.89 bits per heavy atom. The summed E-state index contributed by atoms with van der Waals surface area (Å²) in [4.78, 5) is 21.8. The number of thioether (sulfide) groups is 1. The van der Waals surface area contributed by atoms with Gasteiger partial charge in [-0.3, -0.25) is 10.4 Å². The lowest BCUT2D eigenvalue weighted by atomic mass is 9.78. The minimum atomic E-state index is -1.03. The fourth-order valence-electron chi connectivity index (χ4n) is 3.91. The third kappa shape index (κ3) is 5.64. The third-order valence-corrected chi connectivity index (χ3v) is 6.86. The molecule has 3 aromatic rings. The molecule has 0 saturated heterocycles. The Morgan fingerprint density at radius 3 is 2.54 bits per heavy atom. The molecular formula is C27H20ClN5O3S. The van der Waals surface area contributed by atoms with Crippen LogP contribution >= 0.6 is 23.4 Å². The highest BCUT2D eigenvalue weighted by Gasteiger charge is 2.42. The maximum Gasteiger partial charge on any atom is 0.338 e. The highest BCUT2D eigenvalue weighted by molar-refractivity contribution is 7.99. The molecular weight excluding hydrogens is 510 g/mol. The molecule has 0 fully saturated rings. The number of carbonyl (C=O) groups excluding carboxylic acids is 1. The Balaban J connectivity index is 1.76. The molecule has 4 rings (SSSR count). The van der Waals surface area contributed by atoms with Crippen molar-refractivity contribution in [2.75, 3.05) is 12.4 Å². The average molecular weight is 530 g/mol. The van der Waals surface area contributed by atoms with Crippen molar-refractivity contribution < 1.29 is 14.3 Å². The zero-order chi connectivity index (χ0) is 26.4. The van der Waals surface area contributed by atoms with Crippen LogP contribution in [0, 0.1) is 34.0 Å². The summed E-state index contributed by atoms with van der Waals surface area (Å²) in [5, 5.41) is 28.8. The molecule has 2 aromatic heterocycles. The van der Waals surface area contributed by atoms with E-state index < -0.39 is 17.8 Å². The highest BCUT2D eigenvalue weighted by atomic mass is 35.5. The minimum absolute atomic E-state index is 0.0836. The number of halogens is 1. The zero-order valence-corrected chi connectivity index (χ0v) is 21.2. The highest BCUT2D eigenvalue weighted by Crippen LogP contribution is 2.41. The second-order valence-electron chi connectivity index (χ2n) is 7.85. The minimum Gasteiger partial charge on any atom is -0.463 e. The molecule has 1 N–H and O–H groups in total. The van der Waals surface area contributed by atoms with Crippen LogP contribution in [-0.4, -0.2) is 34.2 Å². The summed E-state index contributed by atoms with van der Waals surface area (Å²) >= 11 is 7.25. The van der Waals surface area contributed by atoms with E-state index >= 15 is 0 Å². The fourth-order valence-corrected chi connectivity index (χ4v) is 4.96. The van der Waals surface area contributed by atoms with Gasteiger partial charge in [-0.25, -0.2) is 9.78 Å². The van der Waals surface area contributed by atoms with Gasteiger partial charge in [0.2, 0.25) is 5.90 Å². The summed E-state index contributed by atoms with van der Waals surface area (Å²) < 4.78 is 11.1. The van der Waals surface area contributed by atoms with Gasteiger partial charge < -0.3 is 9.47 Å². The van der Waals surface area contributed by atoms with Gasteiger partial charge in [0, 0.05) is 28.9 Å². The quantitative estimate of drug-likeness (QED) is 0.313. The van der Waals surface area contributed by atoms with Crippen molar-refractivity contribution in [2.45, 2.75) is 17.9 Å². The van der Waals surface area contributed by atoms with Crippen molar-refractivity contribution in [3.63, 3.8) is 0 Å². The summed E-state index contributed by atoms with van der Waals surface area (Å²) in [7, 11) is 0. The number of benzene rings is 1. The first-order chi connectivity index (χ1) is 18.0. The van der Waals surface area contributed by atoms with Crippen LogP contribution in [0.3, 0.4) is 0 Å². The van der Waals surface area contributed by atoms with E-state index in [1.54, 1.807) is 55.7 Å². The van der Waals surface area contributed by atoms with Gasteiger partial charge in [0.15, 0.2) is 0 Å². The van der Waals surface area contributed by atoms with Crippen LogP contribution in [0.1, 0.15) is 24.0 Å². The van der Waals surface area contributed by atoms with Gasteiger partial charge in [-0.05, 0) is 48.9 Å². The normalized spacial score (nSPS) is 16.9. The number of rotatable bonds is 7. The van der Waals surface area contributed by atoms with Crippen LogP contribution in [0.4, 0.5) is 0 Å². The predicted octanol–water partition coefficient (Wildman–Crippen LogP) is 5.51. The number of hydrogen-bond acceptors (Lipinski definition) is 9. The zero-order valence-electron chi connectivity index (χ0n) is 19.6. The van der Waals surface area contributed by atoms with Crippen LogP contribution < -0.4 is 0 Å². The third-order valence-electron chi connectivity index (χ3n) is 5.62. The van der Waals surface area contributed by atoms with E-state index in [1.807, 2.05) is 12.1 Å². The van der Waals surface area contributed by atoms with Crippen molar-refractivity contribution in [1.82, 2.24) is 9.97 Å². The number of esters is 1. The molecule has 0 spiro atoms. The number of aromatic nitrogens is 2. The maximum absolute atomic E-state index is 13.2. The van der Waals surface area contributed by atoms with Crippen molar-refractivity contribution in [3.8, 4) is 23.4 Å². The van der Waals surface area contributed by atoms with Crippen LogP contribution in [0.25, 0.3) is 11.3 Å². The molecule has 2 unspecified atom stereocenters. The summed E-state index contributed by atoms with van der Waals surface area (Å²) in [6, 6.07) is 18.0.